The molecular formula is C12H27Cl2N3. The predicted octanol–water partition coefficient (Wildman–Crippen LogP) is 1.47. The van der Waals surface area contributed by atoms with E-state index in [2.05, 4.69) is 22.2 Å². The van der Waals surface area contributed by atoms with Crippen molar-refractivity contribution in [2.45, 2.75) is 19.3 Å². The number of likely N-dealkylation sites (N-methyl/N-ethyl adjacent to an activating group) is 1. The molecule has 2 aliphatic heterocycles. The third kappa shape index (κ3) is 6.25. The molecule has 0 bridgehead atoms. The van der Waals surface area contributed by atoms with Crippen LogP contribution in [0.15, 0.2) is 0 Å². The molecule has 17 heavy (non-hydrogen) atoms. The van der Waals surface area contributed by atoms with E-state index in [-0.39, 0.29) is 24.8 Å². The Morgan fingerprint density at radius 2 is 1.59 bits per heavy atom. The average molecular weight is 284 g/mol. The molecule has 1 N–H and O–H groups in total. The van der Waals surface area contributed by atoms with Crippen LogP contribution in [0.1, 0.15) is 19.3 Å². The second kappa shape index (κ2) is 9.40. The van der Waals surface area contributed by atoms with E-state index in [4.69, 9.17) is 0 Å². The molecule has 0 saturated carbocycles. The van der Waals surface area contributed by atoms with Crippen LogP contribution in [0.2, 0.25) is 0 Å². The van der Waals surface area contributed by atoms with Crippen molar-refractivity contribution in [2.24, 2.45) is 5.92 Å². The van der Waals surface area contributed by atoms with E-state index in [1.165, 1.54) is 65.1 Å². The molecular weight excluding hydrogens is 257 g/mol. The van der Waals surface area contributed by atoms with Crippen LogP contribution in [0.25, 0.3) is 0 Å². The fourth-order valence-corrected chi connectivity index (χ4v) is 2.61. The quantitative estimate of drug-likeness (QED) is 0.846. The van der Waals surface area contributed by atoms with Crippen LogP contribution in [0.5, 0.6) is 0 Å². The van der Waals surface area contributed by atoms with Gasteiger partial charge in [-0.1, -0.05) is 0 Å². The molecule has 3 nitrogen and oxygen atoms in total. The average Bonchev–Trinajstić information content (AvgIpc) is 2.30. The Hall–Kier alpha value is 0.460. The molecule has 0 aromatic carbocycles. The second-order valence-electron chi connectivity index (χ2n) is 5.13. The minimum Gasteiger partial charge on any atom is -0.317 e. The fourth-order valence-electron chi connectivity index (χ4n) is 2.61. The number of hydrogen-bond acceptors (Lipinski definition) is 3. The van der Waals surface area contributed by atoms with Crippen LogP contribution in [-0.4, -0.2) is 62.7 Å². The van der Waals surface area contributed by atoms with Crippen molar-refractivity contribution < 1.29 is 0 Å². The number of rotatable bonds is 3. The standard InChI is InChI=1S/C12H25N3.2ClH/c1-14-8-10-15(11-9-14)7-4-12-2-5-13-6-3-12;;/h12-13H,2-11H2,1H3;2*1H. The summed E-state index contributed by atoms with van der Waals surface area (Å²) in [6, 6.07) is 0. The zero-order valence-corrected chi connectivity index (χ0v) is 12.5. The first-order valence-electron chi connectivity index (χ1n) is 6.46. The topological polar surface area (TPSA) is 18.5 Å². The Morgan fingerprint density at radius 1 is 1.00 bits per heavy atom. The molecule has 2 aliphatic rings. The van der Waals surface area contributed by atoms with Gasteiger partial charge < -0.3 is 15.1 Å². The zero-order valence-electron chi connectivity index (χ0n) is 10.9. The third-order valence-corrected chi connectivity index (χ3v) is 3.91. The Balaban J connectivity index is 0.00000128. The van der Waals surface area contributed by atoms with Gasteiger partial charge in [0.15, 0.2) is 0 Å². The molecule has 0 unspecified atom stereocenters. The number of piperidine rings is 1. The van der Waals surface area contributed by atoms with Crippen molar-refractivity contribution in [3.05, 3.63) is 0 Å². The summed E-state index contributed by atoms with van der Waals surface area (Å²) in [6.45, 7) is 8.89. The molecule has 0 amide bonds. The Kier molecular flexibility index (Phi) is 9.65. The van der Waals surface area contributed by atoms with Crippen LogP contribution in [0.4, 0.5) is 0 Å². The first kappa shape index (κ1) is 17.5. The Labute approximate surface area is 118 Å². The molecule has 2 saturated heterocycles. The SMILES string of the molecule is CN1CCN(CCC2CCNCC2)CC1.Cl.Cl. The van der Waals surface area contributed by atoms with Crippen molar-refractivity contribution in [1.29, 1.82) is 0 Å². The third-order valence-electron chi connectivity index (χ3n) is 3.91. The van der Waals surface area contributed by atoms with Gasteiger partial charge in [0.05, 0.1) is 0 Å². The van der Waals surface area contributed by atoms with E-state index in [9.17, 15) is 0 Å². The first-order valence-corrected chi connectivity index (χ1v) is 6.46. The van der Waals surface area contributed by atoms with Crippen molar-refractivity contribution in [3.8, 4) is 0 Å². The van der Waals surface area contributed by atoms with E-state index in [0.29, 0.717) is 0 Å². The van der Waals surface area contributed by atoms with Crippen LogP contribution in [-0.2, 0) is 0 Å². The lowest BCUT2D eigenvalue weighted by Gasteiger charge is -2.33. The van der Waals surface area contributed by atoms with Crippen molar-refractivity contribution in [1.82, 2.24) is 15.1 Å². The summed E-state index contributed by atoms with van der Waals surface area (Å²) in [5, 5.41) is 3.44. The molecule has 0 radical (unpaired) electrons. The normalized spacial score (nSPS) is 23.8. The number of hydrogen-bond donors (Lipinski definition) is 1. The highest BCUT2D eigenvalue weighted by molar-refractivity contribution is 5.85. The molecule has 0 aromatic heterocycles. The fraction of sp³-hybridized carbons (Fsp3) is 1.00. The van der Waals surface area contributed by atoms with Gasteiger partial charge in [0, 0.05) is 26.2 Å². The van der Waals surface area contributed by atoms with Crippen molar-refractivity contribution in [2.75, 3.05) is 52.9 Å². The summed E-state index contributed by atoms with van der Waals surface area (Å²) in [4.78, 5) is 5.07. The van der Waals surface area contributed by atoms with Gasteiger partial charge in [-0.3, -0.25) is 0 Å². The van der Waals surface area contributed by atoms with Crippen LogP contribution < -0.4 is 5.32 Å². The van der Waals surface area contributed by atoms with Gasteiger partial charge in [0.1, 0.15) is 0 Å². The first-order chi connectivity index (χ1) is 7.34. The summed E-state index contributed by atoms with van der Waals surface area (Å²) in [7, 11) is 2.23. The van der Waals surface area contributed by atoms with E-state index in [1.807, 2.05) is 0 Å². The highest BCUT2D eigenvalue weighted by Gasteiger charge is 2.17. The lowest BCUT2D eigenvalue weighted by molar-refractivity contribution is 0.143. The van der Waals surface area contributed by atoms with E-state index in [0.717, 1.165) is 5.92 Å². The van der Waals surface area contributed by atoms with E-state index >= 15 is 0 Å². The Morgan fingerprint density at radius 3 is 2.18 bits per heavy atom. The molecule has 104 valence electrons. The zero-order chi connectivity index (χ0) is 10.5. The smallest absolute Gasteiger partial charge is 0.0110 e. The molecule has 5 heteroatoms. The summed E-state index contributed by atoms with van der Waals surface area (Å²) in [5.41, 5.74) is 0. The number of nitrogens with one attached hydrogen (secondary N) is 1. The highest BCUT2D eigenvalue weighted by atomic mass is 35.5. The second-order valence-corrected chi connectivity index (χ2v) is 5.13. The van der Waals surface area contributed by atoms with E-state index < -0.39 is 0 Å². The molecule has 2 fully saturated rings. The Bertz CT molecular complexity index is 179. The van der Waals surface area contributed by atoms with Crippen LogP contribution in [0, 0.1) is 5.92 Å². The van der Waals surface area contributed by atoms with Gasteiger partial charge in [0.2, 0.25) is 0 Å². The number of piperazine rings is 1. The summed E-state index contributed by atoms with van der Waals surface area (Å²) < 4.78 is 0. The van der Waals surface area contributed by atoms with Crippen molar-refractivity contribution >= 4 is 24.8 Å². The van der Waals surface area contributed by atoms with Gasteiger partial charge in [-0.25, -0.2) is 0 Å². The lowest BCUT2D eigenvalue weighted by Crippen LogP contribution is -2.45. The van der Waals surface area contributed by atoms with Gasteiger partial charge in [-0.2, -0.15) is 0 Å². The lowest BCUT2D eigenvalue weighted by atomic mass is 9.94. The van der Waals surface area contributed by atoms with Crippen LogP contribution >= 0.6 is 24.8 Å². The summed E-state index contributed by atoms with van der Waals surface area (Å²) >= 11 is 0. The molecule has 0 aromatic rings. The molecule has 0 atom stereocenters. The monoisotopic (exact) mass is 283 g/mol. The summed E-state index contributed by atoms with van der Waals surface area (Å²) in [5.74, 6) is 0.992. The maximum atomic E-state index is 3.44. The minimum absolute atomic E-state index is 0. The summed E-state index contributed by atoms with van der Waals surface area (Å²) in [6.07, 6.45) is 4.22. The van der Waals surface area contributed by atoms with E-state index in [1.54, 1.807) is 0 Å². The minimum atomic E-state index is 0. The maximum absolute atomic E-state index is 3.44. The molecule has 2 rings (SSSR count). The maximum Gasteiger partial charge on any atom is 0.0110 e. The number of halogens is 2. The van der Waals surface area contributed by atoms with Gasteiger partial charge in [-0.15, -0.1) is 24.8 Å². The molecule has 2 heterocycles. The van der Waals surface area contributed by atoms with Gasteiger partial charge in [0.25, 0.3) is 0 Å². The molecule has 0 aliphatic carbocycles. The largest absolute Gasteiger partial charge is 0.317 e. The highest BCUT2D eigenvalue weighted by Crippen LogP contribution is 2.16. The van der Waals surface area contributed by atoms with Gasteiger partial charge in [-0.05, 0) is 51.9 Å². The van der Waals surface area contributed by atoms with Gasteiger partial charge >= 0.3 is 0 Å². The van der Waals surface area contributed by atoms with Crippen LogP contribution in [0.3, 0.4) is 0 Å². The van der Waals surface area contributed by atoms with Crippen molar-refractivity contribution in [3.63, 3.8) is 0 Å². The molecule has 0 spiro atoms. The number of nitrogens with zero attached hydrogens (tertiary/aromatic N) is 2. The predicted molar refractivity (Wildman–Crippen MR) is 78.6 cm³/mol.